The summed E-state index contributed by atoms with van der Waals surface area (Å²) in [5.41, 5.74) is -0.666. The van der Waals surface area contributed by atoms with E-state index in [2.05, 4.69) is 20.1 Å². The van der Waals surface area contributed by atoms with Crippen LogP contribution < -0.4 is 15.8 Å². The Labute approximate surface area is 252 Å². The summed E-state index contributed by atoms with van der Waals surface area (Å²) >= 11 is 0. The van der Waals surface area contributed by atoms with Gasteiger partial charge in [0.1, 0.15) is 11.6 Å². The van der Waals surface area contributed by atoms with Crippen LogP contribution in [0.3, 0.4) is 0 Å². The predicted molar refractivity (Wildman–Crippen MR) is 160 cm³/mol. The predicted octanol–water partition coefficient (Wildman–Crippen LogP) is 5.74. The maximum atomic E-state index is 15.8. The number of piperazine rings is 1. The zero-order chi connectivity index (χ0) is 31.8. The number of halogens is 5. The second-order valence-corrected chi connectivity index (χ2v) is 11.5. The maximum Gasteiger partial charge on any atom is 0.417 e. The summed E-state index contributed by atoms with van der Waals surface area (Å²) in [6, 6.07) is 9.59. The van der Waals surface area contributed by atoms with Gasteiger partial charge in [-0.15, -0.1) is 0 Å². The molecule has 2 aliphatic rings. The lowest BCUT2D eigenvalue weighted by Gasteiger charge is -2.44. The molecule has 1 fully saturated rings. The van der Waals surface area contributed by atoms with E-state index in [1.54, 1.807) is 12.1 Å². The van der Waals surface area contributed by atoms with Crippen LogP contribution in [0.2, 0.25) is 0 Å². The zero-order valence-corrected chi connectivity index (χ0v) is 24.6. The number of aromatic amines is 1. The van der Waals surface area contributed by atoms with E-state index in [0.29, 0.717) is 56.5 Å². The number of benzene rings is 2. The van der Waals surface area contributed by atoms with Gasteiger partial charge in [0.15, 0.2) is 0 Å². The summed E-state index contributed by atoms with van der Waals surface area (Å²) in [4.78, 5) is 33.4. The van der Waals surface area contributed by atoms with Crippen molar-refractivity contribution >= 4 is 22.9 Å². The second kappa shape index (κ2) is 12.5. The molecule has 3 heterocycles. The first kappa shape index (κ1) is 31.4. The van der Waals surface area contributed by atoms with Crippen LogP contribution in [0.4, 0.5) is 33.3 Å². The number of nitrogens with one attached hydrogen (secondary N) is 2. The molecule has 2 N–H and O–H groups in total. The van der Waals surface area contributed by atoms with Crippen molar-refractivity contribution in [2.45, 2.75) is 45.1 Å². The number of pyridine rings is 1. The SMILES string of the molecule is C[C@@H]1CN(c2cc(F)c(C3=CCN(Cc4ccc(F)cc4)CC3)cc2NC(=O)c2c[nH]c(=O)cc2C(F)(F)F)C[C@H](C)N1C. The molecule has 0 bridgehead atoms. The molecular formula is C32H34F5N5O2. The lowest BCUT2D eigenvalue weighted by Crippen LogP contribution is -2.55. The molecule has 44 heavy (non-hydrogen) atoms. The first-order valence-corrected chi connectivity index (χ1v) is 14.4. The minimum absolute atomic E-state index is 0.0919. The third-order valence-electron chi connectivity index (χ3n) is 8.47. The number of aromatic nitrogens is 1. The van der Waals surface area contributed by atoms with E-state index in [1.165, 1.54) is 24.3 Å². The number of hydrogen-bond donors (Lipinski definition) is 2. The van der Waals surface area contributed by atoms with E-state index >= 15 is 4.39 Å². The van der Waals surface area contributed by atoms with Crippen LogP contribution >= 0.6 is 0 Å². The summed E-state index contributed by atoms with van der Waals surface area (Å²) in [5.74, 6) is -1.90. The van der Waals surface area contributed by atoms with Crippen molar-refractivity contribution < 1.29 is 26.7 Å². The molecule has 12 heteroatoms. The highest BCUT2D eigenvalue weighted by atomic mass is 19.4. The van der Waals surface area contributed by atoms with Crippen LogP contribution in [-0.4, -0.2) is 66.0 Å². The highest BCUT2D eigenvalue weighted by molar-refractivity contribution is 6.07. The van der Waals surface area contributed by atoms with E-state index in [0.717, 1.165) is 11.8 Å². The van der Waals surface area contributed by atoms with E-state index in [4.69, 9.17) is 0 Å². The smallest absolute Gasteiger partial charge is 0.367 e. The number of alkyl halides is 3. The molecule has 2 aromatic carbocycles. The molecule has 0 unspecified atom stereocenters. The molecule has 0 spiro atoms. The van der Waals surface area contributed by atoms with Crippen molar-refractivity contribution in [2.75, 3.05) is 43.4 Å². The molecule has 7 nitrogen and oxygen atoms in total. The van der Waals surface area contributed by atoms with Crippen molar-refractivity contribution in [3.05, 3.63) is 99.0 Å². The highest BCUT2D eigenvalue weighted by Crippen LogP contribution is 2.37. The third kappa shape index (κ3) is 6.86. The molecule has 5 rings (SSSR count). The summed E-state index contributed by atoms with van der Waals surface area (Å²) in [6.07, 6.45) is -1.82. The topological polar surface area (TPSA) is 71.7 Å². The molecule has 2 atom stereocenters. The van der Waals surface area contributed by atoms with Gasteiger partial charge in [-0.2, -0.15) is 13.2 Å². The third-order valence-corrected chi connectivity index (χ3v) is 8.47. The molecular weight excluding hydrogens is 581 g/mol. The highest BCUT2D eigenvalue weighted by Gasteiger charge is 2.36. The largest absolute Gasteiger partial charge is 0.417 e. The monoisotopic (exact) mass is 615 g/mol. The number of nitrogens with zero attached hydrogens (tertiary/aromatic N) is 3. The van der Waals surface area contributed by atoms with Crippen LogP contribution in [0.25, 0.3) is 5.57 Å². The van der Waals surface area contributed by atoms with Gasteiger partial charge in [-0.05, 0) is 62.7 Å². The summed E-state index contributed by atoms with van der Waals surface area (Å²) in [5, 5.41) is 2.60. The van der Waals surface area contributed by atoms with Crippen LogP contribution in [0.15, 0.2) is 59.5 Å². The Morgan fingerprint density at radius 2 is 1.73 bits per heavy atom. The lowest BCUT2D eigenvalue weighted by atomic mass is 9.96. The lowest BCUT2D eigenvalue weighted by molar-refractivity contribution is -0.138. The number of rotatable bonds is 6. The van der Waals surface area contributed by atoms with Crippen LogP contribution in [0, 0.1) is 11.6 Å². The van der Waals surface area contributed by atoms with E-state index in [1.807, 2.05) is 31.9 Å². The Morgan fingerprint density at radius 1 is 1.05 bits per heavy atom. The molecule has 3 aromatic rings. The fourth-order valence-electron chi connectivity index (χ4n) is 5.80. The first-order chi connectivity index (χ1) is 20.8. The number of hydrogen-bond acceptors (Lipinski definition) is 5. The average molecular weight is 616 g/mol. The first-order valence-electron chi connectivity index (χ1n) is 14.4. The van der Waals surface area contributed by atoms with Gasteiger partial charge < -0.3 is 15.2 Å². The number of H-pyrrole nitrogens is 1. The van der Waals surface area contributed by atoms with E-state index in [-0.39, 0.29) is 29.2 Å². The molecule has 2 aliphatic heterocycles. The molecule has 1 aromatic heterocycles. The van der Waals surface area contributed by atoms with E-state index < -0.39 is 34.6 Å². The van der Waals surface area contributed by atoms with Crippen molar-refractivity contribution in [1.82, 2.24) is 14.8 Å². The number of anilines is 2. The summed E-state index contributed by atoms with van der Waals surface area (Å²) in [6.45, 7) is 6.76. The molecule has 1 saturated heterocycles. The number of carbonyl (C=O) groups excluding carboxylic acids is 1. The summed E-state index contributed by atoms with van der Waals surface area (Å²) < 4.78 is 70.3. The Hall–Kier alpha value is -4.03. The van der Waals surface area contributed by atoms with Crippen molar-refractivity contribution in [3.8, 4) is 0 Å². The van der Waals surface area contributed by atoms with Crippen molar-refractivity contribution in [1.29, 1.82) is 0 Å². The fraction of sp³-hybridized carbons (Fsp3) is 0.375. The van der Waals surface area contributed by atoms with Crippen LogP contribution in [0.1, 0.15) is 47.3 Å². The molecule has 1 amide bonds. The van der Waals surface area contributed by atoms with Gasteiger partial charge in [0, 0.05) is 62.6 Å². The van der Waals surface area contributed by atoms with Gasteiger partial charge in [0.05, 0.1) is 22.5 Å². The Bertz CT molecular complexity index is 1610. The summed E-state index contributed by atoms with van der Waals surface area (Å²) in [7, 11) is 1.99. The average Bonchev–Trinajstić information content (AvgIpc) is 2.97. The van der Waals surface area contributed by atoms with Gasteiger partial charge in [0.2, 0.25) is 5.56 Å². The number of likely N-dealkylation sites (N-methyl/N-ethyl adjacent to an activating group) is 1. The van der Waals surface area contributed by atoms with Gasteiger partial charge >= 0.3 is 6.18 Å². The molecule has 0 saturated carbocycles. The van der Waals surface area contributed by atoms with Crippen LogP contribution in [-0.2, 0) is 12.7 Å². The minimum Gasteiger partial charge on any atom is -0.367 e. The standard InChI is InChI=1S/C32H34F5N5O2/c1-19-16-42(17-20(2)40(19)3)29-14-27(34)24(22-8-10-41(11-9-22)18-21-4-6-23(33)7-5-21)12-28(29)39-31(44)25-15-38-30(43)13-26(25)32(35,36)37/h4-8,12-15,19-20H,9-11,16-18H2,1-3H3,(H,38,43)(H,39,44)/t19-,20+. The van der Waals surface area contributed by atoms with Crippen molar-refractivity contribution in [3.63, 3.8) is 0 Å². The maximum absolute atomic E-state index is 15.8. The van der Waals surface area contributed by atoms with Gasteiger partial charge in [-0.1, -0.05) is 18.2 Å². The minimum atomic E-state index is -4.94. The van der Waals surface area contributed by atoms with Crippen molar-refractivity contribution in [2.24, 2.45) is 0 Å². The normalized spacial score (nSPS) is 20.0. The van der Waals surface area contributed by atoms with Gasteiger partial charge in [0.25, 0.3) is 5.91 Å². The zero-order valence-electron chi connectivity index (χ0n) is 24.6. The van der Waals surface area contributed by atoms with Gasteiger partial charge in [-0.25, -0.2) is 8.78 Å². The van der Waals surface area contributed by atoms with E-state index in [9.17, 15) is 27.2 Å². The molecule has 234 valence electrons. The van der Waals surface area contributed by atoms with Crippen LogP contribution in [0.5, 0.6) is 0 Å². The molecule has 0 aliphatic carbocycles. The Morgan fingerprint density at radius 3 is 2.34 bits per heavy atom. The quantitative estimate of drug-likeness (QED) is 0.346. The van der Waals surface area contributed by atoms with Gasteiger partial charge in [-0.3, -0.25) is 19.4 Å². The Balaban J connectivity index is 1.48. The Kier molecular flexibility index (Phi) is 8.94. The fourth-order valence-corrected chi connectivity index (χ4v) is 5.80. The number of amides is 1. The second-order valence-electron chi connectivity index (χ2n) is 11.5. The number of carbonyl (C=O) groups is 1. The molecule has 0 radical (unpaired) electrons.